The summed E-state index contributed by atoms with van der Waals surface area (Å²) in [7, 11) is 0. The van der Waals surface area contributed by atoms with Crippen molar-refractivity contribution in [1.82, 2.24) is 14.8 Å². The minimum Gasteiger partial charge on any atom is -0.481 e. The van der Waals surface area contributed by atoms with E-state index in [1.54, 1.807) is 30.0 Å². The van der Waals surface area contributed by atoms with E-state index >= 15 is 8.78 Å². The van der Waals surface area contributed by atoms with Crippen molar-refractivity contribution >= 4 is 11.9 Å². The van der Waals surface area contributed by atoms with E-state index in [4.69, 9.17) is 4.74 Å². The van der Waals surface area contributed by atoms with Crippen LogP contribution >= 0.6 is 0 Å². The van der Waals surface area contributed by atoms with Gasteiger partial charge in [0.1, 0.15) is 29.2 Å². The average Bonchev–Trinajstić information content (AvgIpc) is 3.07. The number of fused-ring (bicyclic) bond motifs is 6. The van der Waals surface area contributed by atoms with Gasteiger partial charge in [-0.1, -0.05) is 12.1 Å². The number of hydrogen-bond donors (Lipinski definition) is 2. The van der Waals surface area contributed by atoms with Crippen molar-refractivity contribution in [2.75, 3.05) is 19.6 Å². The van der Waals surface area contributed by atoms with Gasteiger partial charge >= 0.3 is 12.1 Å². The topological polar surface area (TPSA) is 101 Å². The van der Waals surface area contributed by atoms with Crippen molar-refractivity contribution in [2.24, 2.45) is 0 Å². The third-order valence-electron chi connectivity index (χ3n) is 9.65. The van der Waals surface area contributed by atoms with Crippen molar-refractivity contribution in [3.8, 4) is 22.6 Å². The molecule has 1 amide bonds. The molecular formula is C38H34F7N3O5. The molecule has 0 saturated carbocycles. The largest absolute Gasteiger partial charge is 0.481 e. The third-order valence-corrected chi connectivity index (χ3v) is 9.65. The molecule has 1 aromatic heterocycles. The monoisotopic (exact) mass is 745 g/mol. The highest BCUT2D eigenvalue weighted by atomic mass is 19.4. The van der Waals surface area contributed by atoms with Gasteiger partial charge < -0.3 is 20.1 Å². The van der Waals surface area contributed by atoms with Crippen LogP contribution in [0.4, 0.5) is 30.7 Å². The van der Waals surface area contributed by atoms with Crippen LogP contribution < -0.4 is 15.6 Å². The second kappa shape index (κ2) is 14.3. The van der Waals surface area contributed by atoms with Gasteiger partial charge in [-0.25, -0.2) is 17.6 Å². The number of aromatic nitrogens is 1. The SMILES string of the molecule is Cc1cc2cc(c1F)[C@H](CC(=O)O)NC(=O)[C@@H](n1cc(CCN3CCC(F)(F)CC3)c(C(F)(F)F)cc1=O)c1cc(ccc1F)Oc1cccc(C)c1-2. The van der Waals surface area contributed by atoms with Crippen LogP contribution in [0.1, 0.15) is 64.7 Å². The van der Waals surface area contributed by atoms with Crippen LogP contribution in [-0.4, -0.2) is 52.0 Å². The van der Waals surface area contributed by atoms with Crippen molar-refractivity contribution in [3.05, 3.63) is 116 Å². The van der Waals surface area contributed by atoms with Crippen LogP contribution in [0.3, 0.4) is 0 Å². The third kappa shape index (κ3) is 7.94. The molecule has 6 rings (SSSR count). The highest BCUT2D eigenvalue weighted by Gasteiger charge is 2.38. The minimum atomic E-state index is -5.03. The highest BCUT2D eigenvalue weighted by molar-refractivity contribution is 5.85. The van der Waals surface area contributed by atoms with E-state index in [1.165, 1.54) is 25.1 Å². The number of carboxylic acid groups (broad SMARTS) is 1. The summed E-state index contributed by atoms with van der Waals surface area (Å²) in [6, 6.07) is 7.82. The number of carbonyl (C=O) groups excluding carboxylic acids is 1. The number of piperidine rings is 1. The van der Waals surface area contributed by atoms with Gasteiger partial charge in [-0.3, -0.25) is 19.0 Å². The lowest BCUT2D eigenvalue weighted by molar-refractivity contribution is -0.139. The number of nitrogens with one attached hydrogen (secondary N) is 1. The second-order valence-electron chi connectivity index (χ2n) is 13.4. The van der Waals surface area contributed by atoms with Crippen LogP contribution in [0.25, 0.3) is 11.1 Å². The Bertz CT molecular complexity index is 2140. The van der Waals surface area contributed by atoms with Gasteiger partial charge in [0, 0.05) is 61.4 Å². The molecule has 2 aliphatic rings. The smallest absolute Gasteiger partial charge is 0.416 e. The first-order valence-electron chi connectivity index (χ1n) is 16.7. The fourth-order valence-corrected chi connectivity index (χ4v) is 6.93. The molecule has 2 atom stereocenters. The van der Waals surface area contributed by atoms with Crippen molar-refractivity contribution < 1.29 is 50.2 Å². The molecule has 0 spiro atoms. The minimum absolute atomic E-state index is 0.0199. The normalized spacial score (nSPS) is 18.8. The fourth-order valence-electron chi connectivity index (χ4n) is 6.93. The van der Waals surface area contributed by atoms with Crippen molar-refractivity contribution in [3.63, 3.8) is 0 Å². The molecule has 3 aromatic carbocycles. The zero-order chi connectivity index (χ0) is 38.4. The molecule has 53 heavy (non-hydrogen) atoms. The Labute approximate surface area is 298 Å². The molecule has 0 unspecified atom stereocenters. The van der Waals surface area contributed by atoms with Gasteiger partial charge in [0.15, 0.2) is 0 Å². The van der Waals surface area contributed by atoms with Gasteiger partial charge in [-0.15, -0.1) is 0 Å². The predicted molar refractivity (Wildman–Crippen MR) is 179 cm³/mol. The fraction of sp³-hybridized carbons (Fsp3) is 0.342. The van der Waals surface area contributed by atoms with E-state index in [1.807, 2.05) is 0 Å². The van der Waals surface area contributed by atoms with Gasteiger partial charge in [0.25, 0.3) is 11.5 Å². The van der Waals surface area contributed by atoms with Crippen LogP contribution in [0.15, 0.2) is 65.6 Å². The number of hydrogen-bond acceptors (Lipinski definition) is 5. The first-order chi connectivity index (χ1) is 24.9. The maximum absolute atomic E-state index is 15.9. The molecule has 1 saturated heterocycles. The van der Waals surface area contributed by atoms with Crippen LogP contribution in [0.5, 0.6) is 11.5 Å². The first-order valence-corrected chi connectivity index (χ1v) is 16.7. The molecule has 4 aromatic rings. The summed E-state index contributed by atoms with van der Waals surface area (Å²) in [5.74, 6) is -7.27. The molecule has 0 radical (unpaired) electrons. The van der Waals surface area contributed by atoms with Crippen molar-refractivity contribution in [1.29, 1.82) is 0 Å². The number of nitrogens with zero attached hydrogens (tertiary/aromatic N) is 2. The van der Waals surface area contributed by atoms with Crippen LogP contribution in [-0.2, 0) is 22.2 Å². The average molecular weight is 746 g/mol. The summed E-state index contributed by atoms with van der Waals surface area (Å²) in [6.45, 7) is 2.94. The lowest BCUT2D eigenvalue weighted by Gasteiger charge is -2.32. The van der Waals surface area contributed by atoms with Gasteiger partial charge in [-0.2, -0.15) is 13.2 Å². The molecule has 0 aliphatic carbocycles. The number of aryl methyl sites for hydroxylation is 2. The molecule has 8 nitrogen and oxygen atoms in total. The first kappa shape index (κ1) is 37.6. The molecule has 3 heterocycles. The molecule has 15 heteroatoms. The Balaban J connectivity index is 1.54. The molecule has 4 bridgehead atoms. The van der Waals surface area contributed by atoms with E-state index in [2.05, 4.69) is 5.32 Å². The number of likely N-dealkylation sites (tertiary alicyclic amines) is 1. The maximum atomic E-state index is 15.9. The number of carbonyl (C=O) groups is 2. The molecule has 1 fully saturated rings. The predicted octanol–water partition coefficient (Wildman–Crippen LogP) is 7.73. The number of aliphatic carboxylic acids is 1. The number of amides is 1. The van der Waals surface area contributed by atoms with Gasteiger partial charge in [0.05, 0.1) is 18.0 Å². The molecule has 280 valence electrons. The number of carboxylic acids is 1. The number of benzene rings is 3. The summed E-state index contributed by atoms with van der Waals surface area (Å²) >= 11 is 0. The Morgan fingerprint density at radius 2 is 1.70 bits per heavy atom. The molecular weight excluding hydrogens is 711 g/mol. The second-order valence-corrected chi connectivity index (χ2v) is 13.4. The number of halogens is 7. The quantitative estimate of drug-likeness (QED) is 0.196. The zero-order valence-electron chi connectivity index (χ0n) is 28.5. The van der Waals surface area contributed by atoms with Crippen LogP contribution in [0, 0.1) is 25.5 Å². The summed E-state index contributed by atoms with van der Waals surface area (Å²) in [6.07, 6.45) is -6.47. The van der Waals surface area contributed by atoms with Gasteiger partial charge in [-0.05, 0) is 78.9 Å². The zero-order valence-corrected chi connectivity index (χ0v) is 28.5. The lowest BCUT2D eigenvalue weighted by Crippen LogP contribution is -2.42. The van der Waals surface area contributed by atoms with Gasteiger partial charge in [0.2, 0.25) is 5.91 Å². The van der Waals surface area contributed by atoms with E-state index < -0.39 is 89.2 Å². The summed E-state index contributed by atoms with van der Waals surface area (Å²) in [4.78, 5) is 41.6. The Morgan fingerprint density at radius 3 is 2.38 bits per heavy atom. The Hall–Kier alpha value is -5.18. The number of alkyl halides is 5. The number of ether oxygens (including phenoxy) is 1. The maximum Gasteiger partial charge on any atom is 0.416 e. The highest BCUT2D eigenvalue weighted by Crippen LogP contribution is 2.41. The Kier molecular flexibility index (Phi) is 10.2. The molecule has 2 N–H and O–H groups in total. The summed E-state index contributed by atoms with van der Waals surface area (Å²) in [5.41, 5.74) is -2.25. The number of pyridine rings is 1. The standard InChI is InChI=1S/C38H34F7N3O5/c1-20-4-3-5-30-33(20)23-14-21(2)34(40)26(15-23)29(18-32(50)51)46-36(52)35(25-16-24(53-30)6-7-28(25)39)48-19-22(27(17-31(48)49)38(43,44)45)8-11-47-12-9-37(41,42)10-13-47/h3-7,14-17,19,29,35H,8-13,18H2,1-2H3,(H,46,52)(H,50,51)/t29-,35-/m0/s1. The van der Waals surface area contributed by atoms with E-state index in [0.29, 0.717) is 21.3 Å². The lowest BCUT2D eigenvalue weighted by atomic mass is 9.92. The van der Waals surface area contributed by atoms with E-state index in [0.717, 1.165) is 18.3 Å². The summed E-state index contributed by atoms with van der Waals surface area (Å²) in [5, 5.41) is 12.3. The Morgan fingerprint density at radius 1 is 0.981 bits per heavy atom. The van der Waals surface area contributed by atoms with E-state index in [-0.39, 0.29) is 54.7 Å². The van der Waals surface area contributed by atoms with E-state index in [9.17, 15) is 41.4 Å². The number of rotatable bonds is 6. The summed E-state index contributed by atoms with van der Waals surface area (Å²) < 4.78 is 109. The molecule has 2 aliphatic heterocycles. The van der Waals surface area contributed by atoms with Crippen LogP contribution in [0.2, 0.25) is 0 Å². The van der Waals surface area contributed by atoms with Crippen molar-refractivity contribution in [2.45, 2.75) is 63.7 Å².